The Hall–Kier alpha value is -0.320. The van der Waals surface area contributed by atoms with Crippen LogP contribution in [0.2, 0.25) is 0 Å². The van der Waals surface area contributed by atoms with Gasteiger partial charge in [0.1, 0.15) is 17.8 Å². The predicted octanol–water partition coefficient (Wildman–Crippen LogP) is -2.94. The van der Waals surface area contributed by atoms with Crippen LogP contribution in [0, 0.1) is 0 Å². The molecule has 8 heteroatoms. The standard InChI is InChI=1S/C12H24O8/c1-5(13)10(17)7(14)3-9(16)12(19)4-8(15)11(18)20-6(12)2/h5-11,13-19H,3-4H2,1-2H3. The van der Waals surface area contributed by atoms with Crippen molar-refractivity contribution in [2.75, 3.05) is 0 Å². The van der Waals surface area contributed by atoms with Gasteiger partial charge in [0.15, 0.2) is 6.29 Å². The summed E-state index contributed by atoms with van der Waals surface area (Å²) in [5.41, 5.74) is -1.88. The predicted molar refractivity (Wildman–Crippen MR) is 66.4 cm³/mol. The summed E-state index contributed by atoms with van der Waals surface area (Å²) in [6, 6.07) is 0. The number of hydrogen-bond acceptors (Lipinski definition) is 8. The zero-order valence-corrected chi connectivity index (χ0v) is 11.5. The van der Waals surface area contributed by atoms with Crippen LogP contribution >= 0.6 is 0 Å². The molecule has 0 amide bonds. The summed E-state index contributed by atoms with van der Waals surface area (Å²) in [5, 5.41) is 67.5. The number of ether oxygens (including phenoxy) is 1. The van der Waals surface area contributed by atoms with Gasteiger partial charge in [0.2, 0.25) is 0 Å². The Labute approximate surface area is 116 Å². The van der Waals surface area contributed by atoms with Crippen LogP contribution in [0.15, 0.2) is 0 Å². The molecular formula is C12H24O8. The molecule has 0 radical (unpaired) electrons. The van der Waals surface area contributed by atoms with Gasteiger partial charge in [-0.3, -0.25) is 0 Å². The lowest BCUT2D eigenvalue weighted by Gasteiger charge is -2.45. The van der Waals surface area contributed by atoms with Crippen molar-refractivity contribution in [1.82, 2.24) is 0 Å². The molecule has 0 bridgehead atoms. The van der Waals surface area contributed by atoms with Crippen molar-refractivity contribution in [2.24, 2.45) is 0 Å². The second-order valence-electron chi connectivity index (χ2n) is 5.48. The molecule has 1 fully saturated rings. The van der Waals surface area contributed by atoms with Crippen LogP contribution < -0.4 is 0 Å². The Morgan fingerprint density at radius 2 is 1.75 bits per heavy atom. The maximum absolute atomic E-state index is 10.4. The summed E-state index contributed by atoms with van der Waals surface area (Å²) in [7, 11) is 0. The maximum Gasteiger partial charge on any atom is 0.181 e. The third-order valence-electron chi connectivity index (χ3n) is 3.84. The average Bonchev–Trinajstić information content (AvgIpc) is 2.35. The van der Waals surface area contributed by atoms with Crippen LogP contribution in [0.1, 0.15) is 26.7 Å². The Balaban J connectivity index is 2.72. The molecule has 1 saturated heterocycles. The second kappa shape index (κ2) is 6.63. The summed E-state index contributed by atoms with van der Waals surface area (Å²) in [6.07, 6.45) is -10.2. The van der Waals surface area contributed by atoms with E-state index in [4.69, 9.17) is 9.84 Å². The van der Waals surface area contributed by atoms with E-state index < -0.39 is 54.9 Å². The molecule has 0 aromatic heterocycles. The lowest BCUT2D eigenvalue weighted by atomic mass is 9.80. The molecule has 20 heavy (non-hydrogen) atoms. The van der Waals surface area contributed by atoms with E-state index in [1.807, 2.05) is 0 Å². The van der Waals surface area contributed by atoms with Crippen LogP contribution in [0.5, 0.6) is 0 Å². The molecule has 0 spiro atoms. The van der Waals surface area contributed by atoms with E-state index in [-0.39, 0.29) is 6.42 Å². The second-order valence-corrected chi connectivity index (χ2v) is 5.48. The molecule has 8 unspecified atom stereocenters. The fourth-order valence-corrected chi connectivity index (χ4v) is 2.32. The molecular weight excluding hydrogens is 272 g/mol. The van der Waals surface area contributed by atoms with Crippen molar-refractivity contribution in [1.29, 1.82) is 0 Å². The first kappa shape index (κ1) is 17.7. The Morgan fingerprint density at radius 3 is 2.25 bits per heavy atom. The Kier molecular flexibility index (Phi) is 5.88. The highest BCUT2D eigenvalue weighted by atomic mass is 16.6. The number of aliphatic hydroxyl groups excluding tert-OH is 6. The van der Waals surface area contributed by atoms with Gasteiger partial charge in [-0.05, 0) is 13.8 Å². The van der Waals surface area contributed by atoms with Crippen molar-refractivity contribution < 1.29 is 40.5 Å². The topological polar surface area (TPSA) is 151 Å². The quantitative estimate of drug-likeness (QED) is 0.285. The fourth-order valence-electron chi connectivity index (χ4n) is 2.32. The molecule has 0 aromatic rings. The summed E-state index contributed by atoms with van der Waals surface area (Å²) in [6.45, 7) is 2.69. The van der Waals surface area contributed by atoms with Gasteiger partial charge in [0.25, 0.3) is 0 Å². The molecule has 120 valence electrons. The summed E-state index contributed by atoms with van der Waals surface area (Å²) in [4.78, 5) is 0. The van der Waals surface area contributed by atoms with Crippen LogP contribution in [-0.2, 0) is 4.74 Å². The molecule has 8 nitrogen and oxygen atoms in total. The first-order valence-corrected chi connectivity index (χ1v) is 6.55. The average molecular weight is 296 g/mol. The molecule has 7 N–H and O–H groups in total. The fraction of sp³-hybridized carbons (Fsp3) is 1.00. The van der Waals surface area contributed by atoms with E-state index in [2.05, 4.69) is 0 Å². The van der Waals surface area contributed by atoms with E-state index in [0.29, 0.717) is 0 Å². The Morgan fingerprint density at radius 1 is 1.20 bits per heavy atom. The molecule has 1 aliphatic heterocycles. The summed E-state index contributed by atoms with van der Waals surface area (Å²) >= 11 is 0. The van der Waals surface area contributed by atoms with Gasteiger partial charge in [-0.2, -0.15) is 0 Å². The van der Waals surface area contributed by atoms with Crippen molar-refractivity contribution in [3.63, 3.8) is 0 Å². The minimum absolute atomic E-state index is 0.339. The zero-order valence-electron chi connectivity index (χ0n) is 11.5. The van der Waals surface area contributed by atoms with E-state index in [1.165, 1.54) is 13.8 Å². The first-order chi connectivity index (χ1) is 9.09. The Bertz CT molecular complexity index is 312. The SMILES string of the molecule is CC(O)C(O)C(O)CC(O)C1(O)CC(O)C(O)OC1C. The normalized spacial score (nSPS) is 41.0. The first-order valence-electron chi connectivity index (χ1n) is 6.55. The molecule has 0 saturated carbocycles. The third-order valence-corrected chi connectivity index (χ3v) is 3.84. The summed E-state index contributed by atoms with van der Waals surface area (Å²) in [5.74, 6) is 0. The minimum atomic E-state index is -1.88. The van der Waals surface area contributed by atoms with E-state index in [1.54, 1.807) is 0 Å². The molecule has 8 atom stereocenters. The highest BCUT2D eigenvalue weighted by Gasteiger charge is 2.50. The van der Waals surface area contributed by atoms with Crippen LogP contribution in [0.4, 0.5) is 0 Å². The van der Waals surface area contributed by atoms with Crippen LogP contribution in [0.3, 0.4) is 0 Å². The van der Waals surface area contributed by atoms with Gasteiger partial charge in [-0.25, -0.2) is 0 Å². The van der Waals surface area contributed by atoms with Crippen molar-refractivity contribution in [3.05, 3.63) is 0 Å². The lowest BCUT2D eigenvalue weighted by molar-refractivity contribution is -0.292. The van der Waals surface area contributed by atoms with E-state index >= 15 is 0 Å². The highest BCUT2D eigenvalue weighted by molar-refractivity contribution is 4.99. The van der Waals surface area contributed by atoms with Crippen molar-refractivity contribution in [3.8, 4) is 0 Å². The monoisotopic (exact) mass is 296 g/mol. The smallest absolute Gasteiger partial charge is 0.181 e. The molecule has 0 aliphatic carbocycles. The number of rotatable bonds is 5. The van der Waals surface area contributed by atoms with E-state index in [9.17, 15) is 30.6 Å². The van der Waals surface area contributed by atoms with Gasteiger partial charge in [0.05, 0.1) is 24.4 Å². The third kappa shape index (κ3) is 3.66. The molecule has 1 aliphatic rings. The number of aliphatic hydroxyl groups is 7. The van der Waals surface area contributed by atoms with Crippen molar-refractivity contribution >= 4 is 0 Å². The van der Waals surface area contributed by atoms with Crippen LogP contribution in [-0.4, -0.2) is 84.3 Å². The molecule has 1 heterocycles. The van der Waals surface area contributed by atoms with Crippen molar-refractivity contribution in [2.45, 2.75) is 75.2 Å². The lowest BCUT2D eigenvalue weighted by Crippen LogP contribution is -2.61. The van der Waals surface area contributed by atoms with E-state index in [0.717, 1.165) is 0 Å². The van der Waals surface area contributed by atoms with Gasteiger partial charge in [0, 0.05) is 12.8 Å². The largest absolute Gasteiger partial charge is 0.391 e. The number of hydrogen-bond donors (Lipinski definition) is 7. The minimum Gasteiger partial charge on any atom is -0.391 e. The molecule has 0 aromatic carbocycles. The zero-order chi connectivity index (χ0) is 15.7. The molecule has 1 rings (SSSR count). The van der Waals surface area contributed by atoms with Gasteiger partial charge in [-0.1, -0.05) is 0 Å². The maximum atomic E-state index is 10.4. The van der Waals surface area contributed by atoms with Gasteiger partial charge in [-0.15, -0.1) is 0 Å². The van der Waals surface area contributed by atoms with Gasteiger partial charge < -0.3 is 40.5 Å². The van der Waals surface area contributed by atoms with Gasteiger partial charge >= 0.3 is 0 Å². The highest BCUT2D eigenvalue weighted by Crippen LogP contribution is 2.33. The summed E-state index contributed by atoms with van der Waals surface area (Å²) < 4.78 is 4.93. The van der Waals surface area contributed by atoms with Crippen LogP contribution in [0.25, 0.3) is 0 Å².